The van der Waals surface area contributed by atoms with E-state index < -0.39 is 29.5 Å². The van der Waals surface area contributed by atoms with Crippen molar-refractivity contribution in [3.8, 4) is 0 Å². The van der Waals surface area contributed by atoms with Gasteiger partial charge in [-0.3, -0.25) is 4.84 Å². The third-order valence-electron chi connectivity index (χ3n) is 3.57. The van der Waals surface area contributed by atoms with Crippen LogP contribution in [-0.2, 0) is 25.6 Å². The number of hydrogen-bond acceptors (Lipinski definition) is 8. The van der Waals surface area contributed by atoms with Crippen LogP contribution in [0.3, 0.4) is 0 Å². The number of ether oxygens (including phenoxy) is 3. The molecule has 0 heterocycles. The van der Waals surface area contributed by atoms with E-state index in [1.54, 1.807) is 65.8 Å². The summed E-state index contributed by atoms with van der Waals surface area (Å²) in [6, 6.07) is 6.52. The number of oxime groups is 1. The molecule has 0 aliphatic rings. The summed E-state index contributed by atoms with van der Waals surface area (Å²) in [6.07, 6.45) is -2.60. The predicted octanol–water partition coefficient (Wildman–Crippen LogP) is 4.79. The summed E-state index contributed by atoms with van der Waals surface area (Å²) >= 11 is 0. The third kappa shape index (κ3) is 11.2. The van der Waals surface area contributed by atoms with E-state index in [9.17, 15) is 14.4 Å². The summed E-state index contributed by atoms with van der Waals surface area (Å²) in [5.74, 6) is 0.117. The molecule has 0 spiro atoms. The highest BCUT2D eigenvalue weighted by Gasteiger charge is 2.31. The van der Waals surface area contributed by atoms with Gasteiger partial charge in [-0.15, -0.1) is 0 Å². The second-order valence-electron chi connectivity index (χ2n) is 9.77. The smallest absolute Gasteiger partial charge is 0.443 e. The first-order chi connectivity index (χ1) is 15.1. The van der Waals surface area contributed by atoms with Crippen LogP contribution >= 0.6 is 0 Å². The van der Waals surface area contributed by atoms with Gasteiger partial charge in [0.2, 0.25) is 0 Å². The normalized spacial score (nSPS) is 12.2. The van der Waals surface area contributed by atoms with E-state index in [-0.39, 0.29) is 24.9 Å². The SMILES string of the molecule is CC(C)COC(=O)O/N=C(/N)c1ccc(CN(C(=O)OC(C)(C)C)C(=O)OC(C)(C)C)cc1. The van der Waals surface area contributed by atoms with Crippen molar-refractivity contribution < 1.29 is 33.4 Å². The Morgan fingerprint density at radius 2 is 1.42 bits per heavy atom. The Labute approximate surface area is 195 Å². The van der Waals surface area contributed by atoms with Gasteiger partial charge in [0.15, 0.2) is 5.84 Å². The van der Waals surface area contributed by atoms with Crippen LogP contribution in [0.5, 0.6) is 0 Å². The van der Waals surface area contributed by atoms with E-state index in [4.69, 9.17) is 19.9 Å². The average Bonchev–Trinajstić information content (AvgIpc) is 2.66. The molecule has 33 heavy (non-hydrogen) atoms. The van der Waals surface area contributed by atoms with E-state index in [1.165, 1.54) is 0 Å². The molecule has 0 aromatic heterocycles. The number of amidine groups is 1. The molecule has 10 nitrogen and oxygen atoms in total. The second kappa shape index (κ2) is 11.5. The molecular formula is C23H35N3O7. The van der Waals surface area contributed by atoms with Crippen LogP contribution in [0.2, 0.25) is 0 Å². The number of amides is 2. The third-order valence-corrected chi connectivity index (χ3v) is 3.57. The lowest BCUT2D eigenvalue weighted by Crippen LogP contribution is -2.43. The minimum Gasteiger partial charge on any atom is -0.443 e. The van der Waals surface area contributed by atoms with Gasteiger partial charge >= 0.3 is 18.3 Å². The molecule has 0 unspecified atom stereocenters. The average molecular weight is 466 g/mol. The fourth-order valence-corrected chi connectivity index (χ4v) is 2.20. The summed E-state index contributed by atoms with van der Waals surface area (Å²) in [7, 11) is 0. The van der Waals surface area contributed by atoms with Crippen LogP contribution in [0.4, 0.5) is 14.4 Å². The highest BCUT2D eigenvalue weighted by molar-refractivity contribution is 5.97. The van der Waals surface area contributed by atoms with Crippen molar-refractivity contribution in [1.29, 1.82) is 0 Å². The molecule has 0 radical (unpaired) electrons. The minimum absolute atomic E-state index is 0.0424. The fourth-order valence-electron chi connectivity index (χ4n) is 2.20. The first kappa shape index (κ1) is 27.7. The summed E-state index contributed by atoms with van der Waals surface area (Å²) in [5, 5.41) is 3.56. The number of hydrogen-bond donors (Lipinski definition) is 1. The topological polar surface area (TPSA) is 130 Å². The first-order valence-electron chi connectivity index (χ1n) is 10.6. The number of carbonyl (C=O) groups excluding carboxylic acids is 3. The van der Waals surface area contributed by atoms with Crippen molar-refractivity contribution in [2.45, 2.75) is 73.1 Å². The van der Waals surface area contributed by atoms with E-state index in [1.807, 2.05) is 13.8 Å². The Kier molecular flexibility index (Phi) is 9.69. The Hall–Kier alpha value is -3.30. The molecule has 0 aliphatic heterocycles. The number of benzene rings is 1. The number of nitrogens with two attached hydrogens (primary N) is 1. The van der Waals surface area contributed by atoms with Gasteiger partial charge in [-0.2, -0.15) is 0 Å². The summed E-state index contributed by atoms with van der Waals surface area (Å²) < 4.78 is 15.5. The van der Waals surface area contributed by atoms with Gasteiger partial charge in [0.25, 0.3) is 0 Å². The maximum Gasteiger partial charge on any atom is 0.535 e. The quantitative estimate of drug-likeness (QED) is 0.158. The lowest BCUT2D eigenvalue weighted by Gasteiger charge is -2.28. The lowest BCUT2D eigenvalue weighted by atomic mass is 10.1. The fraction of sp³-hybridized carbons (Fsp3) is 0.565. The van der Waals surface area contributed by atoms with Crippen LogP contribution in [0, 0.1) is 5.92 Å². The molecule has 1 rings (SSSR count). The summed E-state index contributed by atoms with van der Waals surface area (Å²) in [4.78, 5) is 42.2. The first-order valence-corrected chi connectivity index (χ1v) is 10.6. The zero-order valence-electron chi connectivity index (χ0n) is 20.6. The van der Waals surface area contributed by atoms with Crippen LogP contribution in [0.15, 0.2) is 29.4 Å². The number of imide groups is 1. The highest BCUT2D eigenvalue weighted by Crippen LogP contribution is 2.17. The molecule has 10 heteroatoms. The molecule has 2 amide bonds. The van der Waals surface area contributed by atoms with Crippen LogP contribution < -0.4 is 5.73 Å². The highest BCUT2D eigenvalue weighted by atomic mass is 16.8. The van der Waals surface area contributed by atoms with E-state index >= 15 is 0 Å². The van der Waals surface area contributed by atoms with Crippen molar-refractivity contribution in [1.82, 2.24) is 4.90 Å². The predicted molar refractivity (Wildman–Crippen MR) is 122 cm³/mol. The van der Waals surface area contributed by atoms with Gasteiger partial charge in [0, 0.05) is 5.56 Å². The maximum atomic E-state index is 12.6. The van der Waals surface area contributed by atoms with Gasteiger partial charge in [0.1, 0.15) is 11.2 Å². The molecular weight excluding hydrogens is 430 g/mol. The molecule has 0 saturated carbocycles. The van der Waals surface area contributed by atoms with Crippen LogP contribution in [0.25, 0.3) is 0 Å². The molecule has 2 N–H and O–H groups in total. The van der Waals surface area contributed by atoms with E-state index in [0.29, 0.717) is 11.1 Å². The second-order valence-corrected chi connectivity index (χ2v) is 9.77. The van der Waals surface area contributed by atoms with Crippen molar-refractivity contribution >= 4 is 24.2 Å². The maximum absolute atomic E-state index is 12.6. The monoisotopic (exact) mass is 465 g/mol. The van der Waals surface area contributed by atoms with Crippen molar-refractivity contribution in [3.05, 3.63) is 35.4 Å². The molecule has 0 atom stereocenters. The van der Waals surface area contributed by atoms with Crippen LogP contribution in [-0.4, -0.2) is 46.9 Å². The van der Waals surface area contributed by atoms with Crippen molar-refractivity contribution in [2.75, 3.05) is 6.61 Å². The molecule has 0 aliphatic carbocycles. The lowest BCUT2D eigenvalue weighted by molar-refractivity contribution is -0.000278. The standard InChI is InChI=1S/C23H35N3O7/c1-15(2)14-30-21(29)33-25-18(24)17-11-9-16(10-12-17)13-26(19(27)31-22(3,4)5)20(28)32-23(6,7)8/h9-12,15H,13-14H2,1-8H3,(H2,24,25). The van der Waals surface area contributed by atoms with Gasteiger partial charge in [-0.1, -0.05) is 43.3 Å². The molecule has 1 aromatic carbocycles. The molecule has 184 valence electrons. The Morgan fingerprint density at radius 1 is 0.939 bits per heavy atom. The molecule has 0 fully saturated rings. The number of carbonyl (C=O) groups is 3. The van der Waals surface area contributed by atoms with Gasteiger partial charge in [-0.05, 0) is 53.0 Å². The Bertz CT molecular complexity index is 822. The Balaban J connectivity index is 2.93. The zero-order chi connectivity index (χ0) is 25.4. The zero-order valence-corrected chi connectivity index (χ0v) is 20.6. The molecule has 1 aromatic rings. The van der Waals surface area contributed by atoms with Crippen LogP contribution in [0.1, 0.15) is 66.5 Å². The van der Waals surface area contributed by atoms with Gasteiger partial charge < -0.3 is 19.9 Å². The van der Waals surface area contributed by atoms with E-state index in [0.717, 1.165) is 4.90 Å². The largest absolute Gasteiger partial charge is 0.535 e. The molecule has 0 saturated heterocycles. The summed E-state index contributed by atoms with van der Waals surface area (Å²) in [6.45, 7) is 14.1. The van der Waals surface area contributed by atoms with E-state index in [2.05, 4.69) is 9.99 Å². The Morgan fingerprint density at radius 3 is 1.85 bits per heavy atom. The molecule has 0 bridgehead atoms. The minimum atomic E-state index is -0.950. The van der Waals surface area contributed by atoms with Gasteiger partial charge in [-0.25, -0.2) is 19.3 Å². The number of rotatable bonds is 6. The van der Waals surface area contributed by atoms with Crippen molar-refractivity contribution in [3.63, 3.8) is 0 Å². The van der Waals surface area contributed by atoms with Crippen molar-refractivity contribution in [2.24, 2.45) is 16.8 Å². The summed E-state index contributed by atoms with van der Waals surface area (Å²) in [5.41, 5.74) is 5.35. The number of nitrogens with zero attached hydrogens (tertiary/aromatic N) is 2. The van der Waals surface area contributed by atoms with Gasteiger partial charge in [0.05, 0.1) is 13.2 Å².